The first kappa shape index (κ1) is 19.8. The van der Waals surface area contributed by atoms with E-state index >= 15 is 0 Å². The van der Waals surface area contributed by atoms with Gasteiger partial charge in [-0.25, -0.2) is 4.79 Å². The molecule has 26 heavy (non-hydrogen) atoms. The third-order valence-electron chi connectivity index (χ3n) is 3.69. The molecule has 6 heteroatoms. The van der Waals surface area contributed by atoms with Gasteiger partial charge in [0.2, 0.25) is 0 Å². The molecule has 1 atom stereocenters. The zero-order chi connectivity index (χ0) is 18.9. The number of hydrogen-bond donors (Lipinski definition) is 1. The molecule has 0 bridgehead atoms. The number of methoxy groups -OCH3 is 1. The molecule has 0 saturated heterocycles. The van der Waals surface area contributed by atoms with Gasteiger partial charge in [-0.2, -0.15) is 0 Å². The Labute approximate surface area is 158 Å². The van der Waals surface area contributed by atoms with Crippen LogP contribution < -0.4 is 10.1 Å². The van der Waals surface area contributed by atoms with E-state index in [1.54, 1.807) is 37.9 Å². The summed E-state index contributed by atoms with van der Waals surface area (Å²) in [6, 6.07) is 14.6. The average Bonchev–Trinajstić information content (AvgIpc) is 2.67. The molecule has 2 aromatic rings. The molecule has 1 amide bonds. The predicted octanol–water partition coefficient (Wildman–Crippen LogP) is 3.67. The third kappa shape index (κ3) is 5.52. The fourth-order valence-corrected chi connectivity index (χ4v) is 3.06. The molecule has 0 aromatic heterocycles. The Bertz CT molecular complexity index is 746. The van der Waals surface area contributed by atoms with Gasteiger partial charge < -0.3 is 14.8 Å². The number of amides is 1. The molecular formula is C20H23NO4S. The summed E-state index contributed by atoms with van der Waals surface area (Å²) in [5, 5.41) is 2.77. The second-order valence-corrected chi connectivity index (χ2v) is 6.85. The zero-order valence-corrected chi connectivity index (χ0v) is 16.0. The fraction of sp³-hybridized carbons (Fsp3) is 0.300. The summed E-state index contributed by atoms with van der Waals surface area (Å²) in [6.45, 7) is 3.94. The van der Waals surface area contributed by atoms with Crippen molar-refractivity contribution in [1.82, 2.24) is 5.32 Å². The van der Waals surface area contributed by atoms with E-state index in [1.165, 1.54) is 0 Å². The van der Waals surface area contributed by atoms with Gasteiger partial charge >= 0.3 is 5.97 Å². The maximum Gasteiger partial charge on any atom is 0.340 e. The molecule has 0 saturated carbocycles. The third-order valence-corrected chi connectivity index (χ3v) is 4.64. The van der Waals surface area contributed by atoms with Crippen LogP contribution in [0, 0.1) is 0 Å². The van der Waals surface area contributed by atoms with Crippen LogP contribution in [0.1, 0.15) is 29.8 Å². The Morgan fingerprint density at radius 1 is 1.12 bits per heavy atom. The van der Waals surface area contributed by atoms with E-state index in [0.717, 1.165) is 22.0 Å². The molecular weight excluding hydrogens is 350 g/mol. The van der Waals surface area contributed by atoms with Gasteiger partial charge in [-0.1, -0.05) is 31.2 Å². The van der Waals surface area contributed by atoms with E-state index in [2.05, 4.69) is 5.32 Å². The number of hydrogen-bond acceptors (Lipinski definition) is 5. The lowest BCUT2D eigenvalue weighted by Crippen LogP contribution is -2.35. The Hall–Kier alpha value is -2.47. The van der Waals surface area contributed by atoms with Gasteiger partial charge in [0.1, 0.15) is 5.75 Å². The normalized spacial score (nSPS) is 11.5. The Balaban J connectivity index is 1.90. The van der Waals surface area contributed by atoms with E-state index in [0.29, 0.717) is 12.1 Å². The van der Waals surface area contributed by atoms with E-state index in [1.807, 2.05) is 43.3 Å². The van der Waals surface area contributed by atoms with Crippen LogP contribution in [-0.2, 0) is 16.1 Å². The number of benzene rings is 2. The van der Waals surface area contributed by atoms with Gasteiger partial charge in [0.25, 0.3) is 5.91 Å². The summed E-state index contributed by atoms with van der Waals surface area (Å²) in [5.74, 6) is 0.775. The molecule has 0 radical (unpaired) electrons. The van der Waals surface area contributed by atoms with Crippen LogP contribution in [0.4, 0.5) is 0 Å². The van der Waals surface area contributed by atoms with Gasteiger partial charge in [-0.15, -0.1) is 11.8 Å². The van der Waals surface area contributed by atoms with Gasteiger partial charge in [0, 0.05) is 11.4 Å². The second kappa shape index (κ2) is 9.87. The monoisotopic (exact) mass is 373 g/mol. The molecule has 0 spiro atoms. The predicted molar refractivity (Wildman–Crippen MR) is 103 cm³/mol. The van der Waals surface area contributed by atoms with Crippen LogP contribution in [0.15, 0.2) is 53.4 Å². The van der Waals surface area contributed by atoms with Crippen molar-refractivity contribution in [3.63, 3.8) is 0 Å². The van der Waals surface area contributed by atoms with Crippen molar-refractivity contribution in [3.8, 4) is 5.75 Å². The lowest BCUT2D eigenvalue weighted by atomic mass is 10.2. The van der Waals surface area contributed by atoms with Crippen molar-refractivity contribution < 1.29 is 19.1 Å². The largest absolute Gasteiger partial charge is 0.497 e. The molecule has 0 aliphatic carbocycles. The molecule has 0 fully saturated rings. The van der Waals surface area contributed by atoms with E-state index < -0.39 is 12.1 Å². The Kier molecular flexibility index (Phi) is 7.53. The van der Waals surface area contributed by atoms with Crippen molar-refractivity contribution >= 4 is 23.6 Å². The number of nitrogens with one attached hydrogen (secondary N) is 1. The number of carbonyl (C=O) groups excluding carboxylic acids is 2. The summed E-state index contributed by atoms with van der Waals surface area (Å²) < 4.78 is 10.4. The highest BCUT2D eigenvalue weighted by molar-refractivity contribution is 7.99. The lowest BCUT2D eigenvalue weighted by Gasteiger charge is -2.15. The second-order valence-electron chi connectivity index (χ2n) is 5.54. The van der Waals surface area contributed by atoms with Gasteiger partial charge in [0.15, 0.2) is 6.10 Å². The smallest absolute Gasteiger partial charge is 0.340 e. The highest BCUT2D eigenvalue weighted by Crippen LogP contribution is 2.23. The Morgan fingerprint density at radius 2 is 1.81 bits per heavy atom. The minimum atomic E-state index is -0.875. The highest BCUT2D eigenvalue weighted by Gasteiger charge is 2.20. The standard InChI is InChI=1S/C20H23NO4S/c1-4-26-18-8-6-5-7-17(18)20(23)25-14(2)19(22)21-13-15-9-11-16(24-3)12-10-15/h5-12,14H,4,13H2,1-3H3,(H,21,22)/t14-/m1/s1. The van der Waals surface area contributed by atoms with Crippen LogP contribution >= 0.6 is 11.8 Å². The first-order chi connectivity index (χ1) is 12.5. The van der Waals surface area contributed by atoms with Gasteiger partial charge in [-0.3, -0.25) is 4.79 Å². The number of rotatable bonds is 8. The van der Waals surface area contributed by atoms with Crippen LogP contribution in [0.25, 0.3) is 0 Å². The van der Waals surface area contributed by atoms with Crippen molar-refractivity contribution in [3.05, 3.63) is 59.7 Å². The van der Waals surface area contributed by atoms with E-state index in [-0.39, 0.29) is 5.91 Å². The fourth-order valence-electron chi connectivity index (χ4n) is 2.27. The van der Waals surface area contributed by atoms with Crippen LogP contribution in [0.3, 0.4) is 0 Å². The molecule has 2 aromatic carbocycles. The number of ether oxygens (including phenoxy) is 2. The molecule has 0 heterocycles. The average molecular weight is 373 g/mol. The first-order valence-electron chi connectivity index (χ1n) is 8.38. The number of esters is 1. The molecule has 1 N–H and O–H groups in total. The molecule has 138 valence electrons. The van der Waals surface area contributed by atoms with Crippen molar-refractivity contribution in [2.45, 2.75) is 31.4 Å². The van der Waals surface area contributed by atoms with Crippen molar-refractivity contribution in [2.24, 2.45) is 0 Å². The molecule has 2 rings (SSSR count). The minimum absolute atomic E-state index is 0.338. The maximum absolute atomic E-state index is 12.4. The highest BCUT2D eigenvalue weighted by atomic mass is 32.2. The van der Waals surface area contributed by atoms with Crippen molar-refractivity contribution in [2.75, 3.05) is 12.9 Å². The summed E-state index contributed by atoms with van der Waals surface area (Å²) in [6.07, 6.45) is -0.875. The quantitative estimate of drug-likeness (QED) is 0.565. The maximum atomic E-state index is 12.4. The topological polar surface area (TPSA) is 64.6 Å². The van der Waals surface area contributed by atoms with Gasteiger partial charge in [-0.05, 0) is 42.5 Å². The van der Waals surface area contributed by atoms with E-state index in [9.17, 15) is 9.59 Å². The zero-order valence-electron chi connectivity index (χ0n) is 15.2. The molecule has 0 aliphatic rings. The summed E-state index contributed by atoms with van der Waals surface area (Å²) >= 11 is 1.56. The number of carbonyl (C=O) groups is 2. The summed E-state index contributed by atoms with van der Waals surface area (Å²) in [7, 11) is 1.60. The van der Waals surface area contributed by atoms with E-state index in [4.69, 9.17) is 9.47 Å². The minimum Gasteiger partial charge on any atom is -0.497 e. The van der Waals surface area contributed by atoms with Crippen LogP contribution in [-0.4, -0.2) is 30.8 Å². The SMILES string of the molecule is CCSc1ccccc1C(=O)O[C@H](C)C(=O)NCc1ccc(OC)cc1. The van der Waals surface area contributed by atoms with Crippen LogP contribution in [0.5, 0.6) is 5.75 Å². The summed E-state index contributed by atoms with van der Waals surface area (Å²) in [5.41, 5.74) is 1.41. The Morgan fingerprint density at radius 3 is 2.46 bits per heavy atom. The van der Waals surface area contributed by atoms with Crippen molar-refractivity contribution in [1.29, 1.82) is 0 Å². The number of thioether (sulfide) groups is 1. The molecule has 0 unspecified atom stereocenters. The first-order valence-corrected chi connectivity index (χ1v) is 9.37. The van der Waals surface area contributed by atoms with Gasteiger partial charge in [0.05, 0.1) is 12.7 Å². The lowest BCUT2D eigenvalue weighted by molar-refractivity contribution is -0.129. The molecule has 5 nitrogen and oxygen atoms in total. The van der Waals surface area contributed by atoms with Crippen LogP contribution in [0.2, 0.25) is 0 Å². The molecule has 0 aliphatic heterocycles. The summed E-state index contributed by atoms with van der Waals surface area (Å²) in [4.78, 5) is 25.4.